The molecular weight excluding hydrogens is 184 g/mol. The van der Waals surface area contributed by atoms with Gasteiger partial charge in [0.1, 0.15) is 0 Å². The van der Waals surface area contributed by atoms with Crippen molar-refractivity contribution in [3.05, 3.63) is 0 Å². The van der Waals surface area contributed by atoms with Crippen molar-refractivity contribution in [2.24, 2.45) is 22.2 Å². The summed E-state index contributed by atoms with van der Waals surface area (Å²) < 4.78 is 0. The Morgan fingerprint density at radius 2 is 1.60 bits per heavy atom. The minimum Gasteiger partial charge on any atom is -0.242 e. The number of nitrogens with one attached hydrogen (secondary N) is 1. The van der Waals surface area contributed by atoms with E-state index in [0.717, 1.165) is 24.7 Å². The van der Waals surface area contributed by atoms with E-state index < -0.39 is 0 Å². The van der Waals surface area contributed by atoms with Crippen molar-refractivity contribution >= 4 is 6.01 Å². The van der Waals surface area contributed by atoms with E-state index in [0.29, 0.717) is 11.5 Å². The lowest BCUT2D eigenvalue weighted by molar-refractivity contribution is 0.0526. The fourth-order valence-electron chi connectivity index (χ4n) is 3.18. The number of hydrogen-bond donors (Lipinski definition) is 1. The summed E-state index contributed by atoms with van der Waals surface area (Å²) in [6, 6.07) is 2.57. The average Bonchev–Trinajstić information content (AvgIpc) is 2.18. The number of nitrogens with zero attached hydrogens (tertiary/aromatic N) is 1. The van der Waals surface area contributed by atoms with Crippen molar-refractivity contribution < 1.29 is 0 Å². The SMILES string of the molecule is CC(C)C1(C(C)C)CCC(N=C=N)CC1. The smallest absolute Gasteiger partial charge is 0.0864 e. The van der Waals surface area contributed by atoms with Crippen LogP contribution in [-0.4, -0.2) is 12.1 Å². The van der Waals surface area contributed by atoms with E-state index in [2.05, 4.69) is 38.7 Å². The maximum Gasteiger partial charge on any atom is 0.0864 e. The summed E-state index contributed by atoms with van der Waals surface area (Å²) >= 11 is 0. The zero-order chi connectivity index (χ0) is 11.5. The van der Waals surface area contributed by atoms with Gasteiger partial charge in [-0.15, -0.1) is 0 Å². The lowest BCUT2D eigenvalue weighted by atomic mass is 9.60. The Labute approximate surface area is 93.7 Å². The Bertz CT molecular complexity index is 231. The normalized spacial score (nSPS) is 21.7. The van der Waals surface area contributed by atoms with E-state index in [1.165, 1.54) is 12.8 Å². The molecule has 2 heteroatoms. The summed E-state index contributed by atoms with van der Waals surface area (Å²) in [5.74, 6) is 1.50. The highest BCUT2D eigenvalue weighted by atomic mass is 14.8. The molecule has 0 aromatic rings. The van der Waals surface area contributed by atoms with Crippen molar-refractivity contribution in [2.75, 3.05) is 0 Å². The molecule has 15 heavy (non-hydrogen) atoms. The minimum atomic E-state index is 0.369. The van der Waals surface area contributed by atoms with Gasteiger partial charge in [0.05, 0.1) is 12.1 Å². The first kappa shape index (κ1) is 12.4. The van der Waals surface area contributed by atoms with Crippen molar-refractivity contribution in [3.8, 4) is 0 Å². The molecule has 0 spiro atoms. The van der Waals surface area contributed by atoms with Gasteiger partial charge >= 0.3 is 0 Å². The number of aliphatic imine (C=N–C) groups is 1. The molecule has 0 unspecified atom stereocenters. The van der Waals surface area contributed by atoms with Crippen LogP contribution in [0.5, 0.6) is 0 Å². The Hall–Kier alpha value is -0.620. The summed E-state index contributed by atoms with van der Waals surface area (Å²) in [6.45, 7) is 9.39. The van der Waals surface area contributed by atoms with Gasteiger partial charge < -0.3 is 0 Å². The molecule has 0 radical (unpaired) electrons. The van der Waals surface area contributed by atoms with Crippen LogP contribution >= 0.6 is 0 Å². The molecule has 1 N–H and O–H groups in total. The van der Waals surface area contributed by atoms with Crippen molar-refractivity contribution in [2.45, 2.75) is 59.4 Å². The third-order valence-corrected chi connectivity index (χ3v) is 4.43. The summed E-state index contributed by atoms with van der Waals surface area (Å²) in [6.07, 6.45) is 4.81. The predicted octanol–water partition coefficient (Wildman–Crippen LogP) is 3.98. The van der Waals surface area contributed by atoms with Crippen molar-refractivity contribution in [3.63, 3.8) is 0 Å². The average molecular weight is 208 g/mol. The molecule has 0 bridgehead atoms. The molecule has 0 aliphatic heterocycles. The molecular formula is C13H24N2. The highest BCUT2D eigenvalue weighted by Gasteiger charge is 2.40. The summed E-state index contributed by atoms with van der Waals surface area (Å²) in [7, 11) is 0. The quantitative estimate of drug-likeness (QED) is 0.681. The van der Waals surface area contributed by atoms with E-state index in [4.69, 9.17) is 5.41 Å². The maximum atomic E-state index is 6.89. The van der Waals surface area contributed by atoms with Crippen LogP contribution in [0.15, 0.2) is 4.99 Å². The maximum absolute atomic E-state index is 6.89. The molecule has 1 fully saturated rings. The minimum absolute atomic E-state index is 0.369. The monoisotopic (exact) mass is 208 g/mol. The van der Waals surface area contributed by atoms with Crippen molar-refractivity contribution in [1.82, 2.24) is 0 Å². The van der Waals surface area contributed by atoms with E-state index in [1.54, 1.807) is 0 Å². The third kappa shape index (κ3) is 2.49. The summed E-state index contributed by atoms with van der Waals surface area (Å²) in [4.78, 5) is 4.08. The van der Waals surface area contributed by atoms with Crippen LogP contribution in [0.25, 0.3) is 0 Å². The lowest BCUT2D eigenvalue weighted by Crippen LogP contribution is -2.38. The summed E-state index contributed by atoms with van der Waals surface area (Å²) in [5.41, 5.74) is 0.508. The van der Waals surface area contributed by atoms with E-state index in [9.17, 15) is 0 Å². The number of rotatable bonds is 3. The molecule has 0 heterocycles. The first-order valence-corrected chi connectivity index (χ1v) is 6.14. The van der Waals surface area contributed by atoms with Gasteiger partial charge in [-0.3, -0.25) is 0 Å². The van der Waals surface area contributed by atoms with Gasteiger partial charge in [0, 0.05) is 0 Å². The molecule has 1 aliphatic carbocycles. The molecule has 0 saturated heterocycles. The van der Waals surface area contributed by atoms with Gasteiger partial charge in [-0.1, -0.05) is 27.7 Å². The third-order valence-electron chi connectivity index (χ3n) is 4.43. The highest BCUT2D eigenvalue weighted by molar-refractivity contribution is 5.36. The topological polar surface area (TPSA) is 36.2 Å². The van der Waals surface area contributed by atoms with Crippen LogP contribution in [0.2, 0.25) is 0 Å². The first-order chi connectivity index (χ1) is 7.03. The highest BCUT2D eigenvalue weighted by Crippen LogP contribution is 2.48. The number of hydrogen-bond acceptors (Lipinski definition) is 2. The molecule has 1 rings (SSSR count). The fraction of sp³-hybridized carbons (Fsp3) is 0.923. The van der Waals surface area contributed by atoms with Crippen LogP contribution in [0.3, 0.4) is 0 Å². The van der Waals surface area contributed by atoms with Crippen LogP contribution in [0.4, 0.5) is 0 Å². The van der Waals surface area contributed by atoms with E-state index >= 15 is 0 Å². The lowest BCUT2D eigenvalue weighted by Gasteiger charge is -2.45. The standard InChI is InChI=1S/C13H24N2/c1-10(2)13(11(3)4)7-5-12(6-8-13)15-9-14/h10-12,14H,5-8H2,1-4H3. The second kappa shape index (κ2) is 4.94. The Morgan fingerprint density at radius 3 is 1.93 bits per heavy atom. The molecule has 86 valence electrons. The molecule has 0 aromatic carbocycles. The molecule has 0 aromatic heterocycles. The Morgan fingerprint density at radius 1 is 1.13 bits per heavy atom. The van der Waals surface area contributed by atoms with Crippen LogP contribution < -0.4 is 0 Å². The van der Waals surface area contributed by atoms with Crippen molar-refractivity contribution in [1.29, 1.82) is 5.41 Å². The van der Waals surface area contributed by atoms with E-state index in [-0.39, 0.29) is 0 Å². The van der Waals surface area contributed by atoms with E-state index in [1.807, 2.05) is 0 Å². The largest absolute Gasteiger partial charge is 0.242 e. The first-order valence-electron chi connectivity index (χ1n) is 6.14. The Kier molecular flexibility index (Phi) is 4.10. The van der Waals surface area contributed by atoms with Crippen LogP contribution in [-0.2, 0) is 0 Å². The predicted molar refractivity (Wildman–Crippen MR) is 64.5 cm³/mol. The second-order valence-corrected chi connectivity index (χ2v) is 5.51. The molecule has 0 amide bonds. The fourth-order valence-corrected chi connectivity index (χ4v) is 3.18. The molecule has 1 aliphatic rings. The van der Waals surface area contributed by atoms with Crippen LogP contribution in [0.1, 0.15) is 53.4 Å². The van der Waals surface area contributed by atoms with Gasteiger partial charge in [-0.2, -0.15) is 0 Å². The summed E-state index contributed by atoms with van der Waals surface area (Å²) in [5, 5.41) is 6.89. The molecule has 2 nitrogen and oxygen atoms in total. The Balaban J connectivity index is 2.69. The van der Waals surface area contributed by atoms with Gasteiger partial charge in [0.2, 0.25) is 0 Å². The van der Waals surface area contributed by atoms with Gasteiger partial charge in [0.25, 0.3) is 0 Å². The molecule has 0 atom stereocenters. The van der Waals surface area contributed by atoms with Crippen LogP contribution in [0, 0.1) is 22.7 Å². The van der Waals surface area contributed by atoms with Gasteiger partial charge in [-0.25, -0.2) is 10.4 Å². The second-order valence-electron chi connectivity index (χ2n) is 5.51. The van der Waals surface area contributed by atoms with Gasteiger partial charge in [-0.05, 0) is 42.9 Å². The molecule has 1 saturated carbocycles. The van der Waals surface area contributed by atoms with Gasteiger partial charge in [0.15, 0.2) is 0 Å². The zero-order valence-corrected chi connectivity index (χ0v) is 10.5. The zero-order valence-electron chi connectivity index (χ0n) is 10.5.